The molecule has 0 aliphatic carbocycles. The first-order chi connectivity index (χ1) is 14.8. The van der Waals surface area contributed by atoms with E-state index in [0.717, 1.165) is 12.3 Å². The largest absolute Gasteiger partial charge is 0.433 e. The number of hydrogen-bond donors (Lipinski definition) is 2. The maximum atomic E-state index is 13.5. The molecule has 0 aromatic carbocycles. The molecule has 1 saturated heterocycles. The van der Waals surface area contributed by atoms with Crippen LogP contribution < -0.4 is 5.32 Å². The number of pyridine rings is 1. The van der Waals surface area contributed by atoms with E-state index in [1.807, 2.05) is 20.8 Å². The Bertz CT molecular complexity index is 984. The van der Waals surface area contributed by atoms with Gasteiger partial charge in [0.15, 0.2) is 0 Å². The molecule has 2 amide bonds. The molecule has 9 nitrogen and oxygen atoms in total. The third-order valence-corrected chi connectivity index (χ3v) is 5.29. The Morgan fingerprint density at radius 3 is 2.47 bits per heavy atom. The summed E-state index contributed by atoms with van der Waals surface area (Å²) >= 11 is 0. The van der Waals surface area contributed by atoms with E-state index in [1.54, 1.807) is 0 Å². The van der Waals surface area contributed by atoms with Crippen LogP contribution in [0, 0.1) is 5.41 Å². The van der Waals surface area contributed by atoms with Crippen molar-refractivity contribution in [1.29, 1.82) is 0 Å². The third kappa shape index (κ3) is 4.74. The van der Waals surface area contributed by atoms with Crippen molar-refractivity contribution in [3.63, 3.8) is 0 Å². The number of aliphatic hydroxyl groups is 1. The average Bonchev–Trinajstić information content (AvgIpc) is 3.33. The summed E-state index contributed by atoms with van der Waals surface area (Å²) in [5.41, 5.74) is -1.12. The number of β-amino-alcohol motifs (C(OH)–C–C–N with tert-alkyl or cyclic N) is 1. The topological polar surface area (TPSA) is 113 Å². The molecule has 2 aromatic heterocycles. The van der Waals surface area contributed by atoms with E-state index in [2.05, 4.69) is 20.6 Å². The summed E-state index contributed by atoms with van der Waals surface area (Å²) < 4.78 is 39.6. The minimum Gasteiger partial charge on any atom is -0.391 e. The van der Waals surface area contributed by atoms with Gasteiger partial charge in [-0.15, -0.1) is 5.10 Å². The van der Waals surface area contributed by atoms with Crippen molar-refractivity contribution in [1.82, 2.24) is 30.2 Å². The van der Waals surface area contributed by atoms with Gasteiger partial charge in [-0.05, 0) is 17.5 Å². The van der Waals surface area contributed by atoms with E-state index in [0.29, 0.717) is 5.56 Å². The Labute approximate surface area is 182 Å². The molecule has 12 heteroatoms. The molecule has 1 aliphatic rings. The van der Waals surface area contributed by atoms with Gasteiger partial charge in [-0.25, -0.2) is 4.68 Å². The molecule has 3 rings (SSSR count). The van der Waals surface area contributed by atoms with Crippen LogP contribution in [0.4, 0.5) is 13.2 Å². The molecule has 32 heavy (non-hydrogen) atoms. The van der Waals surface area contributed by atoms with E-state index >= 15 is 0 Å². The first kappa shape index (κ1) is 23.6. The van der Waals surface area contributed by atoms with Gasteiger partial charge >= 0.3 is 6.18 Å². The second-order valence-electron chi connectivity index (χ2n) is 8.79. The Morgan fingerprint density at radius 1 is 1.25 bits per heavy atom. The molecule has 2 N–H and O–H groups in total. The van der Waals surface area contributed by atoms with Gasteiger partial charge in [0.1, 0.15) is 23.5 Å². The molecule has 2 unspecified atom stereocenters. The van der Waals surface area contributed by atoms with Gasteiger partial charge in [0.2, 0.25) is 11.8 Å². The summed E-state index contributed by atoms with van der Waals surface area (Å²) in [6, 6.07) is 0.398. The SMILES string of the molecule is CNC(=O)C1CC(O)CN1C(=O)[C@@H](n1cc(-c2ccc(C(F)(F)F)nc2)nn1)C(C)(C)C. The summed E-state index contributed by atoms with van der Waals surface area (Å²) in [4.78, 5) is 30.5. The number of amides is 2. The van der Waals surface area contributed by atoms with Crippen LogP contribution >= 0.6 is 0 Å². The molecule has 1 fully saturated rings. The van der Waals surface area contributed by atoms with Gasteiger partial charge in [-0.2, -0.15) is 13.2 Å². The monoisotopic (exact) mass is 454 g/mol. The average molecular weight is 454 g/mol. The smallest absolute Gasteiger partial charge is 0.391 e. The maximum absolute atomic E-state index is 13.5. The van der Waals surface area contributed by atoms with Crippen LogP contribution in [0.3, 0.4) is 0 Å². The number of carbonyl (C=O) groups is 2. The number of likely N-dealkylation sites (N-methyl/N-ethyl adjacent to an activating group) is 1. The van der Waals surface area contributed by atoms with Gasteiger partial charge in [0.05, 0.1) is 12.3 Å². The van der Waals surface area contributed by atoms with Gasteiger partial charge < -0.3 is 15.3 Å². The van der Waals surface area contributed by atoms with E-state index in [4.69, 9.17) is 0 Å². The summed E-state index contributed by atoms with van der Waals surface area (Å²) in [6.45, 7) is 5.46. The van der Waals surface area contributed by atoms with Gasteiger partial charge in [0, 0.05) is 31.8 Å². The third-order valence-electron chi connectivity index (χ3n) is 5.29. The Hall–Kier alpha value is -3.02. The molecule has 2 aromatic rings. The van der Waals surface area contributed by atoms with E-state index in [1.165, 1.54) is 28.9 Å². The molecule has 174 valence electrons. The highest BCUT2D eigenvalue weighted by Gasteiger charge is 2.45. The van der Waals surface area contributed by atoms with Crippen LogP contribution in [-0.2, 0) is 15.8 Å². The number of nitrogens with zero attached hydrogens (tertiary/aromatic N) is 5. The molecule has 0 spiro atoms. The van der Waals surface area contributed by atoms with Crippen LogP contribution in [0.15, 0.2) is 24.5 Å². The van der Waals surface area contributed by atoms with Crippen molar-refractivity contribution in [2.45, 2.75) is 51.6 Å². The summed E-state index contributed by atoms with van der Waals surface area (Å²) in [7, 11) is 1.46. The molecule has 0 bridgehead atoms. The summed E-state index contributed by atoms with van der Waals surface area (Å²) in [6.07, 6.45) is -2.75. The van der Waals surface area contributed by atoms with Crippen molar-refractivity contribution in [2.24, 2.45) is 5.41 Å². The van der Waals surface area contributed by atoms with Crippen LogP contribution in [0.1, 0.15) is 38.9 Å². The highest BCUT2D eigenvalue weighted by Crippen LogP contribution is 2.35. The molecule has 0 saturated carbocycles. The minimum absolute atomic E-state index is 0.00782. The highest BCUT2D eigenvalue weighted by molar-refractivity contribution is 5.90. The maximum Gasteiger partial charge on any atom is 0.433 e. The molecule has 3 heterocycles. The molecule has 0 radical (unpaired) electrons. The highest BCUT2D eigenvalue weighted by atomic mass is 19.4. The fourth-order valence-corrected chi connectivity index (χ4v) is 3.76. The molecular formula is C20H25F3N6O3. The predicted molar refractivity (Wildman–Crippen MR) is 107 cm³/mol. The van der Waals surface area contributed by atoms with Crippen LogP contribution in [0.25, 0.3) is 11.3 Å². The lowest BCUT2D eigenvalue weighted by atomic mass is 9.85. The second kappa shape index (κ2) is 8.49. The summed E-state index contributed by atoms with van der Waals surface area (Å²) in [5.74, 6) is -0.790. The number of likely N-dealkylation sites (tertiary alicyclic amines) is 1. The van der Waals surface area contributed by atoms with Crippen LogP contribution in [0.2, 0.25) is 0 Å². The van der Waals surface area contributed by atoms with Crippen molar-refractivity contribution in [2.75, 3.05) is 13.6 Å². The first-order valence-electron chi connectivity index (χ1n) is 9.98. The van der Waals surface area contributed by atoms with Crippen molar-refractivity contribution in [3.8, 4) is 11.3 Å². The Kier molecular flexibility index (Phi) is 6.27. The zero-order chi connectivity index (χ0) is 23.8. The summed E-state index contributed by atoms with van der Waals surface area (Å²) in [5, 5.41) is 20.6. The predicted octanol–water partition coefficient (Wildman–Crippen LogP) is 1.65. The number of hydrogen-bond acceptors (Lipinski definition) is 6. The van der Waals surface area contributed by atoms with Gasteiger partial charge in [-0.1, -0.05) is 26.0 Å². The number of aliphatic hydroxyl groups excluding tert-OH is 1. The van der Waals surface area contributed by atoms with Crippen molar-refractivity contribution in [3.05, 3.63) is 30.2 Å². The number of rotatable bonds is 4. The number of halogens is 3. The van der Waals surface area contributed by atoms with Crippen molar-refractivity contribution < 1.29 is 27.9 Å². The number of carbonyl (C=O) groups excluding carboxylic acids is 2. The lowest BCUT2D eigenvalue weighted by Gasteiger charge is -2.34. The zero-order valence-electron chi connectivity index (χ0n) is 18.1. The first-order valence-corrected chi connectivity index (χ1v) is 9.98. The number of nitrogens with one attached hydrogen (secondary N) is 1. The van der Waals surface area contributed by atoms with Crippen LogP contribution in [0.5, 0.6) is 0 Å². The van der Waals surface area contributed by atoms with Gasteiger partial charge in [-0.3, -0.25) is 14.6 Å². The van der Waals surface area contributed by atoms with E-state index in [9.17, 15) is 27.9 Å². The molecule has 3 atom stereocenters. The molecule has 1 aliphatic heterocycles. The molecular weight excluding hydrogens is 429 g/mol. The van der Waals surface area contributed by atoms with Crippen LogP contribution in [-0.4, -0.2) is 67.5 Å². The fourth-order valence-electron chi connectivity index (χ4n) is 3.76. The quantitative estimate of drug-likeness (QED) is 0.727. The minimum atomic E-state index is -4.55. The van der Waals surface area contributed by atoms with E-state index in [-0.39, 0.29) is 24.6 Å². The van der Waals surface area contributed by atoms with E-state index < -0.39 is 41.4 Å². The van der Waals surface area contributed by atoms with Gasteiger partial charge in [0.25, 0.3) is 0 Å². The lowest BCUT2D eigenvalue weighted by Crippen LogP contribution is -2.49. The normalized spacial score (nSPS) is 20.3. The zero-order valence-corrected chi connectivity index (χ0v) is 18.1. The number of alkyl halides is 3. The number of aromatic nitrogens is 4. The standard InChI is InChI=1S/C20H25F3N6O3/c1-19(2,3)16(18(32)28-9-12(30)7-14(28)17(31)24-4)29-10-13(26-27-29)11-5-6-15(25-8-11)20(21,22)23/h5-6,8,10,12,14,16,30H,7,9H2,1-4H3,(H,24,31)/t12?,14?,16-/m1/s1. The Morgan fingerprint density at radius 2 is 1.94 bits per heavy atom. The Balaban J connectivity index is 1.92. The fraction of sp³-hybridized carbons (Fsp3) is 0.550. The second-order valence-corrected chi connectivity index (χ2v) is 8.79. The van der Waals surface area contributed by atoms with Crippen molar-refractivity contribution >= 4 is 11.8 Å². The lowest BCUT2D eigenvalue weighted by molar-refractivity contribution is -0.144.